The Hall–Kier alpha value is -2.29. The van der Waals surface area contributed by atoms with Crippen molar-refractivity contribution in [2.24, 2.45) is 0 Å². The zero-order valence-electron chi connectivity index (χ0n) is 14.3. The second kappa shape index (κ2) is 7.32. The fourth-order valence-corrected chi connectivity index (χ4v) is 2.26. The molecule has 0 bridgehead atoms. The molecule has 0 amide bonds. The van der Waals surface area contributed by atoms with Gasteiger partial charge in [-0.05, 0) is 48.6 Å². The van der Waals surface area contributed by atoms with Crippen LogP contribution in [0.3, 0.4) is 0 Å². The van der Waals surface area contributed by atoms with Gasteiger partial charge in [0.05, 0.1) is 6.61 Å². The molecule has 0 aromatic heterocycles. The molecular formula is C20H24O3. The first-order valence-corrected chi connectivity index (χ1v) is 8.02. The highest BCUT2D eigenvalue weighted by molar-refractivity contribution is 5.93. The molecule has 122 valence electrons. The van der Waals surface area contributed by atoms with Crippen LogP contribution in [-0.2, 0) is 5.41 Å². The van der Waals surface area contributed by atoms with Crippen molar-refractivity contribution in [1.29, 1.82) is 0 Å². The van der Waals surface area contributed by atoms with Gasteiger partial charge in [0.15, 0.2) is 0 Å². The number of ether oxygens (including phenoxy) is 2. The van der Waals surface area contributed by atoms with Crippen LogP contribution in [0.5, 0.6) is 11.5 Å². The van der Waals surface area contributed by atoms with Gasteiger partial charge in [-0.15, -0.1) is 0 Å². The molecule has 0 N–H and O–H groups in total. The van der Waals surface area contributed by atoms with Gasteiger partial charge in [0.2, 0.25) is 0 Å². The van der Waals surface area contributed by atoms with E-state index in [9.17, 15) is 4.79 Å². The molecule has 2 aromatic rings. The van der Waals surface area contributed by atoms with E-state index < -0.39 is 5.97 Å². The topological polar surface area (TPSA) is 35.5 Å². The van der Waals surface area contributed by atoms with Gasteiger partial charge < -0.3 is 9.47 Å². The highest BCUT2D eigenvalue weighted by Gasteiger charge is 2.18. The summed E-state index contributed by atoms with van der Waals surface area (Å²) in [6, 6.07) is 14.8. The fourth-order valence-electron chi connectivity index (χ4n) is 2.26. The molecule has 0 spiro atoms. The van der Waals surface area contributed by atoms with Crippen molar-refractivity contribution >= 4 is 5.97 Å². The van der Waals surface area contributed by atoms with E-state index in [1.54, 1.807) is 18.2 Å². The molecule has 0 saturated carbocycles. The van der Waals surface area contributed by atoms with Crippen molar-refractivity contribution in [3.8, 4) is 11.5 Å². The minimum Gasteiger partial charge on any atom is -0.493 e. The quantitative estimate of drug-likeness (QED) is 0.556. The first kappa shape index (κ1) is 17.1. The van der Waals surface area contributed by atoms with Crippen LogP contribution in [0.4, 0.5) is 0 Å². The van der Waals surface area contributed by atoms with Crippen LogP contribution >= 0.6 is 0 Å². The van der Waals surface area contributed by atoms with E-state index in [1.807, 2.05) is 37.3 Å². The van der Waals surface area contributed by atoms with Gasteiger partial charge in [-0.25, -0.2) is 4.79 Å². The molecule has 0 saturated heterocycles. The molecule has 0 aliphatic carbocycles. The third kappa shape index (κ3) is 4.13. The zero-order valence-corrected chi connectivity index (χ0v) is 14.3. The molecule has 0 aliphatic rings. The number of esters is 1. The number of hydrogen-bond donors (Lipinski definition) is 0. The monoisotopic (exact) mass is 312 g/mol. The standard InChI is InChI=1S/C20H24O3/c1-5-20(3,4)15-11-13-16(14-12-15)23-19(21)17-9-7-8-10-18(17)22-6-2/h7-14H,5-6H2,1-4H3. The second-order valence-electron chi connectivity index (χ2n) is 6.08. The van der Waals surface area contributed by atoms with Crippen LogP contribution in [0.15, 0.2) is 48.5 Å². The summed E-state index contributed by atoms with van der Waals surface area (Å²) in [6.45, 7) is 8.96. The van der Waals surface area contributed by atoms with Crippen molar-refractivity contribution in [3.05, 3.63) is 59.7 Å². The van der Waals surface area contributed by atoms with E-state index in [4.69, 9.17) is 9.47 Å². The molecule has 3 nitrogen and oxygen atoms in total. The first-order valence-electron chi connectivity index (χ1n) is 8.02. The minimum absolute atomic E-state index is 0.115. The maximum Gasteiger partial charge on any atom is 0.347 e. The normalized spacial score (nSPS) is 11.1. The van der Waals surface area contributed by atoms with E-state index >= 15 is 0 Å². The maximum atomic E-state index is 12.3. The lowest BCUT2D eigenvalue weighted by Gasteiger charge is -2.23. The third-order valence-electron chi connectivity index (χ3n) is 4.14. The van der Waals surface area contributed by atoms with Gasteiger partial charge in [-0.2, -0.15) is 0 Å². The number of carbonyl (C=O) groups is 1. The van der Waals surface area contributed by atoms with Crippen molar-refractivity contribution in [2.75, 3.05) is 6.61 Å². The van der Waals surface area contributed by atoms with Gasteiger partial charge >= 0.3 is 5.97 Å². The Morgan fingerprint density at radius 3 is 2.26 bits per heavy atom. The number of hydrogen-bond acceptors (Lipinski definition) is 3. The Bertz CT molecular complexity index is 657. The van der Waals surface area contributed by atoms with Gasteiger partial charge in [0.1, 0.15) is 17.1 Å². The lowest BCUT2D eigenvalue weighted by atomic mass is 9.82. The molecule has 0 radical (unpaired) electrons. The fraction of sp³-hybridized carbons (Fsp3) is 0.350. The van der Waals surface area contributed by atoms with Gasteiger partial charge in [0, 0.05) is 0 Å². The highest BCUT2D eigenvalue weighted by Crippen LogP contribution is 2.28. The lowest BCUT2D eigenvalue weighted by molar-refractivity contribution is 0.0730. The van der Waals surface area contributed by atoms with Crippen LogP contribution < -0.4 is 9.47 Å². The Kier molecular flexibility index (Phi) is 5.43. The largest absolute Gasteiger partial charge is 0.493 e. The number of benzene rings is 2. The molecule has 0 atom stereocenters. The summed E-state index contributed by atoms with van der Waals surface area (Å²) in [5, 5.41) is 0. The molecule has 0 heterocycles. The highest BCUT2D eigenvalue weighted by atomic mass is 16.5. The van der Waals surface area contributed by atoms with E-state index in [0.717, 1.165) is 6.42 Å². The van der Waals surface area contributed by atoms with Crippen molar-refractivity contribution in [1.82, 2.24) is 0 Å². The lowest BCUT2D eigenvalue weighted by Crippen LogP contribution is -2.15. The maximum absolute atomic E-state index is 12.3. The molecule has 23 heavy (non-hydrogen) atoms. The smallest absolute Gasteiger partial charge is 0.347 e. The summed E-state index contributed by atoms with van der Waals surface area (Å²) < 4.78 is 10.9. The van der Waals surface area contributed by atoms with Gasteiger partial charge in [-0.3, -0.25) is 0 Å². The van der Waals surface area contributed by atoms with E-state index in [2.05, 4.69) is 20.8 Å². The summed E-state index contributed by atoms with van der Waals surface area (Å²) in [6.07, 6.45) is 1.05. The van der Waals surface area contributed by atoms with Gasteiger partial charge in [0.25, 0.3) is 0 Å². The number of rotatable bonds is 6. The van der Waals surface area contributed by atoms with Crippen molar-refractivity contribution < 1.29 is 14.3 Å². The van der Waals surface area contributed by atoms with Crippen LogP contribution in [0, 0.1) is 0 Å². The third-order valence-corrected chi connectivity index (χ3v) is 4.14. The molecular weight excluding hydrogens is 288 g/mol. The summed E-state index contributed by atoms with van der Waals surface area (Å²) in [7, 11) is 0. The Morgan fingerprint density at radius 2 is 1.65 bits per heavy atom. The summed E-state index contributed by atoms with van der Waals surface area (Å²) in [4.78, 5) is 12.3. The second-order valence-corrected chi connectivity index (χ2v) is 6.08. The summed E-state index contributed by atoms with van der Waals surface area (Å²) in [5.41, 5.74) is 1.78. The molecule has 0 fully saturated rings. The Morgan fingerprint density at radius 1 is 1.00 bits per heavy atom. The molecule has 0 aliphatic heterocycles. The molecule has 3 heteroatoms. The average Bonchev–Trinajstić information content (AvgIpc) is 2.56. The molecule has 2 aromatic carbocycles. The van der Waals surface area contributed by atoms with Crippen LogP contribution in [0.25, 0.3) is 0 Å². The number of carbonyl (C=O) groups excluding carboxylic acids is 1. The average molecular weight is 312 g/mol. The predicted molar refractivity (Wildman–Crippen MR) is 92.3 cm³/mol. The predicted octanol–water partition coefficient (Wildman–Crippen LogP) is 4.99. The van der Waals surface area contributed by atoms with E-state index in [-0.39, 0.29) is 5.41 Å². The van der Waals surface area contributed by atoms with E-state index in [0.29, 0.717) is 23.7 Å². The van der Waals surface area contributed by atoms with Crippen LogP contribution in [0.1, 0.15) is 50.0 Å². The van der Waals surface area contributed by atoms with Crippen LogP contribution in [-0.4, -0.2) is 12.6 Å². The Balaban J connectivity index is 2.15. The van der Waals surface area contributed by atoms with E-state index in [1.165, 1.54) is 5.56 Å². The summed E-state index contributed by atoms with van der Waals surface area (Å²) in [5.74, 6) is 0.678. The number of para-hydroxylation sites is 1. The Labute approximate surface area is 138 Å². The molecule has 0 unspecified atom stereocenters. The summed E-state index contributed by atoms with van der Waals surface area (Å²) >= 11 is 0. The van der Waals surface area contributed by atoms with Crippen molar-refractivity contribution in [3.63, 3.8) is 0 Å². The SMILES string of the molecule is CCOc1ccccc1C(=O)Oc1ccc(C(C)(C)CC)cc1. The minimum atomic E-state index is -0.406. The molecule has 2 rings (SSSR count). The van der Waals surface area contributed by atoms with Gasteiger partial charge in [-0.1, -0.05) is 45.0 Å². The van der Waals surface area contributed by atoms with Crippen molar-refractivity contribution in [2.45, 2.75) is 39.5 Å². The zero-order chi connectivity index (χ0) is 16.9. The first-order chi connectivity index (χ1) is 11.0. The van der Waals surface area contributed by atoms with Crippen LogP contribution in [0.2, 0.25) is 0 Å².